The van der Waals surface area contributed by atoms with E-state index < -0.39 is 0 Å². The van der Waals surface area contributed by atoms with E-state index in [0.29, 0.717) is 22.5 Å². The lowest BCUT2D eigenvalue weighted by Crippen LogP contribution is -1.98. The summed E-state index contributed by atoms with van der Waals surface area (Å²) in [5, 5.41) is 32.5. The van der Waals surface area contributed by atoms with Gasteiger partial charge in [-0.05, 0) is 173 Å². The highest BCUT2D eigenvalue weighted by Crippen LogP contribution is 2.47. The molecule has 2 heterocycles. The topological polar surface area (TPSA) is 66.2 Å². The number of hydrogen-bond donors (Lipinski definition) is 0. The van der Waals surface area contributed by atoms with Gasteiger partial charge < -0.3 is 9.13 Å². The molecule has 6 nitrogen and oxygen atoms in total. The lowest BCUT2D eigenvalue weighted by molar-refractivity contribution is 1.18. The van der Waals surface area contributed by atoms with Crippen molar-refractivity contribution >= 4 is 98.1 Å². The number of rotatable bonds is 4. The van der Waals surface area contributed by atoms with Crippen LogP contribution in [0.3, 0.4) is 0 Å². The quantitative estimate of drug-likeness (QED) is 0.131. The zero-order chi connectivity index (χ0) is 45.6. The zero-order valence-corrected chi connectivity index (χ0v) is 36.2. The summed E-state index contributed by atoms with van der Waals surface area (Å²) < 4.78 is 4.51. The van der Waals surface area contributed by atoms with E-state index in [-0.39, 0.29) is 0 Å². The molecule has 0 fully saturated rings. The van der Waals surface area contributed by atoms with Crippen LogP contribution in [-0.2, 0) is 0 Å². The summed E-state index contributed by atoms with van der Waals surface area (Å²) in [6, 6.07) is 71.8. The minimum Gasteiger partial charge on any atom is -0.309 e. The third-order valence-corrected chi connectivity index (χ3v) is 13.7. The van der Waals surface area contributed by atoms with Crippen molar-refractivity contribution < 1.29 is 0 Å². The standard InChI is InChI=1S/C62H32N6/c1-65-45-17-25-59-53(31-45)51-27-37(35-63)11-23-57(51)67(59)47-19-21-49-55(33-47)61(43-15-13-39-7-3-5-9-41(39)29-43)50-22-20-48(34-56(50)62(49)44-16-14-40-8-4-6-10-42(40)30-44)68-58-24-12-38(36-64)28-52(58)54-32-46(66-2)18-26-60(54)68/h3-34H. The lowest BCUT2D eigenvalue weighted by atomic mass is 9.84. The van der Waals surface area contributed by atoms with Gasteiger partial charge in [0.15, 0.2) is 11.4 Å². The van der Waals surface area contributed by atoms with Gasteiger partial charge in [-0.25, -0.2) is 9.69 Å². The van der Waals surface area contributed by atoms with Crippen molar-refractivity contribution in [2.75, 3.05) is 0 Å². The van der Waals surface area contributed by atoms with E-state index in [0.717, 1.165) is 120 Å². The van der Waals surface area contributed by atoms with Crippen LogP contribution in [0, 0.1) is 35.8 Å². The van der Waals surface area contributed by atoms with E-state index in [4.69, 9.17) is 13.1 Å². The fraction of sp³-hybridized carbons (Fsp3) is 0. The highest BCUT2D eigenvalue weighted by Gasteiger charge is 2.22. The molecule has 0 unspecified atom stereocenters. The molecule has 310 valence electrons. The fourth-order valence-electron chi connectivity index (χ4n) is 10.7. The summed E-state index contributed by atoms with van der Waals surface area (Å²) in [4.78, 5) is 7.53. The molecular weight excluding hydrogens is 829 g/mol. The number of nitriles is 2. The van der Waals surface area contributed by atoms with Crippen molar-refractivity contribution in [1.29, 1.82) is 10.5 Å². The molecule has 11 aromatic carbocycles. The van der Waals surface area contributed by atoms with Gasteiger partial charge in [-0.1, -0.05) is 97.1 Å². The van der Waals surface area contributed by atoms with Gasteiger partial charge in [-0.2, -0.15) is 10.5 Å². The van der Waals surface area contributed by atoms with E-state index >= 15 is 0 Å². The molecule has 0 aliphatic heterocycles. The Morgan fingerprint density at radius 2 is 0.735 bits per heavy atom. The van der Waals surface area contributed by atoms with Crippen LogP contribution in [0.4, 0.5) is 11.4 Å². The van der Waals surface area contributed by atoms with Crippen LogP contribution in [0.1, 0.15) is 11.1 Å². The van der Waals surface area contributed by atoms with Crippen molar-refractivity contribution in [2.24, 2.45) is 0 Å². The molecule has 0 amide bonds. The molecule has 0 spiro atoms. The lowest BCUT2D eigenvalue weighted by Gasteiger charge is -2.21. The van der Waals surface area contributed by atoms with Crippen molar-refractivity contribution in [3.8, 4) is 45.8 Å². The zero-order valence-electron chi connectivity index (χ0n) is 36.2. The number of fused-ring (bicyclic) bond motifs is 10. The second-order valence-electron chi connectivity index (χ2n) is 17.3. The predicted molar refractivity (Wildman–Crippen MR) is 278 cm³/mol. The van der Waals surface area contributed by atoms with Gasteiger partial charge in [0.05, 0.1) is 58.5 Å². The van der Waals surface area contributed by atoms with E-state index in [9.17, 15) is 10.5 Å². The molecule has 0 atom stereocenters. The van der Waals surface area contributed by atoms with Crippen LogP contribution < -0.4 is 0 Å². The SMILES string of the molecule is [C-]#[N+]c1ccc2c(c1)c1cc(C#N)ccc1n2-c1ccc2c(-c3ccc4ccccc4c3)c3cc(-n4c5ccc(C#N)cc5c5cc([N+]#[C-])ccc54)ccc3c(-c3ccc4ccccc4c3)c2c1. The van der Waals surface area contributed by atoms with Gasteiger partial charge in [-0.15, -0.1) is 0 Å². The second kappa shape index (κ2) is 14.8. The molecule has 6 heteroatoms. The molecule has 0 saturated carbocycles. The molecule has 0 aliphatic rings. The van der Waals surface area contributed by atoms with Crippen LogP contribution in [0.25, 0.3) is 130 Å². The number of aromatic nitrogens is 2. The summed E-state index contributed by atoms with van der Waals surface area (Å²) >= 11 is 0. The van der Waals surface area contributed by atoms with E-state index in [2.05, 4.69) is 152 Å². The van der Waals surface area contributed by atoms with Crippen LogP contribution in [-0.4, -0.2) is 9.13 Å². The molecule has 13 aromatic rings. The maximum atomic E-state index is 9.96. The van der Waals surface area contributed by atoms with Gasteiger partial charge in [0.2, 0.25) is 0 Å². The fourth-order valence-corrected chi connectivity index (χ4v) is 10.7. The Bertz CT molecular complexity index is 4120. The van der Waals surface area contributed by atoms with Crippen molar-refractivity contribution in [1.82, 2.24) is 9.13 Å². The third-order valence-electron chi connectivity index (χ3n) is 13.7. The van der Waals surface area contributed by atoms with Gasteiger partial charge in [0.1, 0.15) is 0 Å². The van der Waals surface area contributed by atoms with Gasteiger partial charge in [-0.3, -0.25) is 0 Å². The largest absolute Gasteiger partial charge is 0.309 e. The first-order valence-electron chi connectivity index (χ1n) is 22.2. The van der Waals surface area contributed by atoms with E-state index in [1.807, 2.05) is 72.8 Å². The Balaban J connectivity index is 1.18. The Kier molecular flexibility index (Phi) is 8.36. The Labute approximate surface area is 389 Å². The summed E-state index contributed by atoms with van der Waals surface area (Å²) in [5.41, 5.74) is 12.3. The van der Waals surface area contributed by atoms with Crippen LogP contribution in [0.2, 0.25) is 0 Å². The normalized spacial score (nSPS) is 11.5. The molecule has 68 heavy (non-hydrogen) atoms. The Morgan fingerprint density at radius 1 is 0.338 bits per heavy atom. The van der Waals surface area contributed by atoms with Crippen LogP contribution in [0.5, 0.6) is 0 Å². The monoisotopic (exact) mass is 860 g/mol. The Morgan fingerprint density at radius 3 is 1.15 bits per heavy atom. The minimum atomic E-state index is 0.544. The highest BCUT2D eigenvalue weighted by atomic mass is 15.0. The van der Waals surface area contributed by atoms with Crippen molar-refractivity contribution in [2.45, 2.75) is 0 Å². The average molecular weight is 861 g/mol. The van der Waals surface area contributed by atoms with Gasteiger partial charge >= 0.3 is 0 Å². The molecular formula is C62H32N6. The first-order valence-corrected chi connectivity index (χ1v) is 22.2. The number of hydrogen-bond acceptors (Lipinski definition) is 2. The molecule has 0 N–H and O–H groups in total. The maximum absolute atomic E-state index is 9.96. The van der Waals surface area contributed by atoms with Crippen LogP contribution >= 0.6 is 0 Å². The Hall–Kier alpha value is -9.98. The minimum absolute atomic E-state index is 0.544. The number of benzene rings is 11. The van der Waals surface area contributed by atoms with E-state index in [1.54, 1.807) is 0 Å². The smallest absolute Gasteiger partial charge is 0.188 e. The molecule has 0 radical (unpaired) electrons. The van der Waals surface area contributed by atoms with E-state index in [1.165, 1.54) is 0 Å². The number of nitrogens with zero attached hydrogens (tertiary/aromatic N) is 6. The summed E-state index contributed by atoms with van der Waals surface area (Å²) in [5.74, 6) is 0. The van der Waals surface area contributed by atoms with Crippen LogP contribution in [0.15, 0.2) is 194 Å². The predicted octanol–water partition coefficient (Wildman–Crippen LogP) is 16.7. The van der Waals surface area contributed by atoms with Gasteiger partial charge in [0, 0.05) is 22.1 Å². The van der Waals surface area contributed by atoms with Crippen molar-refractivity contribution in [3.63, 3.8) is 0 Å². The molecule has 0 aliphatic carbocycles. The van der Waals surface area contributed by atoms with Crippen molar-refractivity contribution in [3.05, 3.63) is 228 Å². The maximum Gasteiger partial charge on any atom is 0.188 e. The second-order valence-corrected chi connectivity index (χ2v) is 17.3. The summed E-state index contributed by atoms with van der Waals surface area (Å²) in [7, 11) is 0. The molecule has 13 rings (SSSR count). The first kappa shape index (κ1) is 38.5. The molecule has 0 bridgehead atoms. The van der Waals surface area contributed by atoms with Gasteiger partial charge in [0.25, 0.3) is 0 Å². The first-order chi connectivity index (χ1) is 33.5. The molecule has 2 aromatic heterocycles. The summed E-state index contributed by atoms with van der Waals surface area (Å²) in [6.07, 6.45) is 0. The molecule has 0 saturated heterocycles. The average Bonchev–Trinajstić information content (AvgIpc) is 3.90. The highest BCUT2D eigenvalue weighted by molar-refractivity contribution is 6.23. The third kappa shape index (κ3) is 5.73. The summed E-state index contributed by atoms with van der Waals surface area (Å²) in [6.45, 7) is 15.6.